The van der Waals surface area contributed by atoms with Crippen molar-refractivity contribution in [3.63, 3.8) is 0 Å². The van der Waals surface area contributed by atoms with Crippen LogP contribution in [-0.4, -0.2) is 47.4 Å². The molecule has 1 amide bonds. The van der Waals surface area contributed by atoms with E-state index in [0.29, 0.717) is 25.9 Å². The van der Waals surface area contributed by atoms with Crippen LogP contribution in [0.2, 0.25) is 0 Å². The number of allylic oxidation sites excluding steroid dienone is 2. The second-order valence-electron chi connectivity index (χ2n) is 27.0. The second-order valence-corrected chi connectivity index (χ2v) is 27.0. The van der Waals surface area contributed by atoms with Crippen LogP contribution in [0.25, 0.3) is 0 Å². The standard InChI is InChI=1S/C78H153NO5/c1-3-5-7-9-11-13-15-16-17-41-44-47-51-54-58-62-66-70-76(81)75(74-80)79-77(82)71-67-63-59-55-52-48-45-42-39-37-35-33-31-29-27-25-23-21-19-18-20-22-24-26-28-30-32-34-36-38-40-43-46-49-53-57-61-65-69-73-84-78(83)72-68-64-60-56-50-14-12-10-8-6-4-2/h18-19,75-76,80-81H,3-17,20-74H2,1-2H3,(H,79,82)/b19-18-. The lowest BCUT2D eigenvalue weighted by Crippen LogP contribution is -2.45. The fourth-order valence-corrected chi connectivity index (χ4v) is 12.6. The number of rotatable bonds is 74. The minimum atomic E-state index is -0.661. The Balaban J connectivity index is 3.31. The number of ether oxygens (including phenoxy) is 1. The molecule has 84 heavy (non-hydrogen) atoms. The van der Waals surface area contributed by atoms with Gasteiger partial charge in [-0.2, -0.15) is 0 Å². The summed E-state index contributed by atoms with van der Waals surface area (Å²) in [7, 11) is 0. The Kier molecular flexibility index (Phi) is 72.8. The zero-order valence-electron chi connectivity index (χ0n) is 57.4. The van der Waals surface area contributed by atoms with Crippen LogP contribution >= 0.6 is 0 Å². The van der Waals surface area contributed by atoms with Crippen LogP contribution in [0.5, 0.6) is 0 Å². The second kappa shape index (κ2) is 74.1. The van der Waals surface area contributed by atoms with Gasteiger partial charge in [-0.15, -0.1) is 0 Å². The van der Waals surface area contributed by atoms with Gasteiger partial charge in [0, 0.05) is 12.8 Å². The van der Waals surface area contributed by atoms with E-state index < -0.39 is 12.1 Å². The molecule has 0 fully saturated rings. The smallest absolute Gasteiger partial charge is 0.305 e. The molecule has 0 aliphatic rings. The van der Waals surface area contributed by atoms with Crippen LogP contribution in [0.3, 0.4) is 0 Å². The lowest BCUT2D eigenvalue weighted by atomic mass is 10.0. The maximum absolute atomic E-state index is 12.5. The summed E-state index contributed by atoms with van der Waals surface area (Å²) in [5.41, 5.74) is 0. The minimum absolute atomic E-state index is 0.0231. The topological polar surface area (TPSA) is 95.9 Å². The Hall–Kier alpha value is -1.40. The van der Waals surface area contributed by atoms with Crippen molar-refractivity contribution >= 4 is 11.9 Å². The number of aliphatic hydroxyl groups is 2. The molecule has 0 aromatic carbocycles. The lowest BCUT2D eigenvalue weighted by molar-refractivity contribution is -0.143. The number of esters is 1. The van der Waals surface area contributed by atoms with Gasteiger partial charge in [-0.25, -0.2) is 0 Å². The van der Waals surface area contributed by atoms with Crippen LogP contribution in [0.4, 0.5) is 0 Å². The zero-order valence-corrected chi connectivity index (χ0v) is 57.4. The number of hydrogen-bond acceptors (Lipinski definition) is 5. The molecule has 0 saturated carbocycles. The third-order valence-corrected chi connectivity index (χ3v) is 18.6. The minimum Gasteiger partial charge on any atom is -0.466 e. The normalized spacial score (nSPS) is 12.5. The summed E-state index contributed by atoms with van der Waals surface area (Å²) in [6, 6.07) is -0.538. The lowest BCUT2D eigenvalue weighted by Gasteiger charge is -2.22. The third kappa shape index (κ3) is 69.7. The van der Waals surface area contributed by atoms with Crippen LogP contribution in [-0.2, 0) is 14.3 Å². The summed E-state index contributed by atoms with van der Waals surface area (Å²) in [4.78, 5) is 24.6. The quantitative estimate of drug-likeness (QED) is 0.0320. The fourth-order valence-electron chi connectivity index (χ4n) is 12.6. The summed E-state index contributed by atoms with van der Waals surface area (Å²) in [6.07, 6.45) is 93.1. The first kappa shape index (κ1) is 82.6. The fraction of sp³-hybridized carbons (Fsp3) is 0.949. The first-order chi connectivity index (χ1) is 41.5. The maximum atomic E-state index is 12.5. The Bertz CT molecular complexity index is 1270. The van der Waals surface area contributed by atoms with Gasteiger partial charge in [0.05, 0.1) is 25.4 Å². The van der Waals surface area contributed by atoms with E-state index in [1.54, 1.807) is 0 Å². The molecular weight excluding hydrogens is 1030 g/mol. The van der Waals surface area contributed by atoms with Crippen LogP contribution in [0.15, 0.2) is 12.2 Å². The Labute approximate surface area is 527 Å². The Morgan fingerprint density at radius 1 is 0.321 bits per heavy atom. The number of hydrogen-bond donors (Lipinski definition) is 3. The average molecular weight is 1190 g/mol. The zero-order chi connectivity index (χ0) is 60.6. The first-order valence-electron chi connectivity index (χ1n) is 38.9. The van der Waals surface area contributed by atoms with Gasteiger partial charge < -0.3 is 20.3 Å². The highest BCUT2D eigenvalue weighted by molar-refractivity contribution is 5.76. The van der Waals surface area contributed by atoms with Crippen LogP contribution < -0.4 is 5.32 Å². The van der Waals surface area contributed by atoms with Gasteiger partial charge in [-0.05, 0) is 51.4 Å². The highest BCUT2D eigenvalue weighted by Crippen LogP contribution is 2.20. The van der Waals surface area contributed by atoms with Crippen molar-refractivity contribution in [2.45, 2.75) is 463 Å². The van der Waals surface area contributed by atoms with E-state index in [0.717, 1.165) is 38.5 Å². The average Bonchev–Trinajstić information content (AvgIpc) is 3.52. The van der Waals surface area contributed by atoms with Crippen molar-refractivity contribution in [2.75, 3.05) is 13.2 Å². The first-order valence-corrected chi connectivity index (χ1v) is 38.9. The van der Waals surface area contributed by atoms with E-state index >= 15 is 0 Å². The van der Waals surface area contributed by atoms with E-state index in [1.165, 1.54) is 379 Å². The van der Waals surface area contributed by atoms with Crippen molar-refractivity contribution in [3.05, 3.63) is 12.2 Å². The van der Waals surface area contributed by atoms with Gasteiger partial charge in [-0.3, -0.25) is 9.59 Å². The molecule has 0 aromatic rings. The summed E-state index contributed by atoms with van der Waals surface area (Å²) >= 11 is 0. The van der Waals surface area contributed by atoms with E-state index in [2.05, 4.69) is 31.3 Å². The molecule has 0 radical (unpaired) electrons. The van der Waals surface area contributed by atoms with E-state index in [4.69, 9.17) is 4.74 Å². The van der Waals surface area contributed by atoms with Gasteiger partial charge in [0.1, 0.15) is 0 Å². The Morgan fingerprint density at radius 2 is 0.560 bits per heavy atom. The molecule has 0 bridgehead atoms. The van der Waals surface area contributed by atoms with Gasteiger partial charge in [0.2, 0.25) is 5.91 Å². The number of carbonyl (C=O) groups excluding carboxylic acids is 2. The van der Waals surface area contributed by atoms with Gasteiger partial charge in [-0.1, -0.05) is 398 Å². The van der Waals surface area contributed by atoms with E-state index in [1.807, 2.05) is 0 Å². The predicted molar refractivity (Wildman–Crippen MR) is 370 cm³/mol. The van der Waals surface area contributed by atoms with Crippen molar-refractivity contribution in [1.29, 1.82) is 0 Å². The molecule has 6 nitrogen and oxygen atoms in total. The number of nitrogens with one attached hydrogen (secondary N) is 1. The molecule has 0 heterocycles. The van der Waals surface area contributed by atoms with Gasteiger partial charge in [0.15, 0.2) is 0 Å². The van der Waals surface area contributed by atoms with Crippen molar-refractivity contribution in [3.8, 4) is 0 Å². The Morgan fingerprint density at radius 3 is 0.845 bits per heavy atom. The molecule has 6 heteroatoms. The highest BCUT2D eigenvalue weighted by atomic mass is 16.5. The molecule has 0 aromatic heterocycles. The summed E-state index contributed by atoms with van der Waals surface area (Å²) in [5, 5.41) is 23.4. The molecule has 0 saturated heterocycles. The van der Waals surface area contributed by atoms with Crippen LogP contribution in [0, 0.1) is 0 Å². The summed E-state index contributed by atoms with van der Waals surface area (Å²) < 4.78 is 5.48. The molecule has 0 rings (SSSR count). The third-order valence-electron chi connectivity index (χ3n) is 18.6. The predicted octanol–water partition coefficient (Wildman–Crippen LogP) is 25.5. The van der Waals surface area contributed by atoms with Gasteiger partial charge >= 0.3 is 5.97 Å². The molecule has 2 atom stereocenters. The molecule has 0 spiro atoms. The number of carbonyl (C=O) groups is 2. The van der Waals surface area contributed by atoms with E-state index in [-0.39, 0.29) is 18.5 Å². The van der Waals surface area contributed by atoms with Crippen molar-refractivity contribution < 1.29 is 24.5 Å². The number of aliphatic hydroxyl groups excluding tert-OH is 2. The highest BCUT2D eigenvalue weighted by Gasteiger charge is 2.20. The van der Waals surface area contributed by atoms with Crippen molar-refractivity contribution in [1.82, 2.24) is 5.32 Å². The van der Waals surface area contributed by atoms with E-state index in [9.17, 15) is 19.8 Å². The number of unbranched alkanes of at least 4 members (excludes halogenated alkanes) is 61. The molecule has 0 aliphatic carbocycles. The number of amides is 1. The van der Waals surface area contributed by atoms with Crippen LogP contribution in [0.1, 0.15) is 450 Å². The summed E-state index contributed by atoms with van der Waals surface area (Å²) in [5.74, 6) is -0.00297. The maximum Gasteiger partial charge on any atom is 0.305 e. The summed E-state index contributed by atoms with van der Waals surface area (Å²) in [6.45, 7) is 5.00. The molecular formula is C78H153NO5. The molecule has 3 N–H and O–H groups in total. The SMILES string of the molecule is CCCCCCCCCCCCCCCCCCCC(O)C(CO)NC(=O)CCCCCCCCCCCCCCCCCCC/C=C\CCCCCCCCCCCCCCCCCCCCOC(=O)CCCCCCCCCCCCC. The van der Waals surface area contributed by atoms with Gasteiger partial charge in [0.25, 0.3) is 0 Å². The largest absolute Gasteiger partial charge is 0.466 e. The molecule has 2 unspecified atom stereocenters. The van der Waals surface area contributed by atoms with Crippen molar-refractivity contribution in [2.24, 2.45) is 0 Å². The molecule has 500 valence electrons. The monoisotopic (exact) mass is 1180 g/mol. The molecule has 0 aliphatic heterocycles.